The van der Waals surface area contributed by atoms with E-state index in [1.165, 1.54) is 17.7 Å². The van der Waals surface area contributed by atoms with Gasteiger partial charge in [-0.2, -0.15) is 0 Å². The number of hydrogen-bond acceptors (Lipinski definition) is 4. The van der Waals surface area contributed by atoms with E-state index in [1.807, 2.05) is 28.5 Å². The van der Waals surface area contributed by atoms with Crippen molar-refractivity contribution in [2.75, 3.05) is 25.0 Å². The molecule has 1 aliphatic heterocycles. The first-order valence-corrected chi connectivity index (χ1v) is 10.2. The number of carbonyl (C=O) groups excluding carboxylic acids is 1. The van der Waals surface area contributed by atoms with E-state index < -0.39 is 0 Å². The highest BCUT2D eigenvalue weighted by molar-refractivity contribution is 7.09. The minimum atomic E-state index is -0.238. The molecule has 144 valence electrons. The lowest BCUT2D eigenvalue weighted by Gasteiger charge is -2.22. The van der Waals surface area contributed by atoms with Crippen LogP contribution in [-0.2, 0) is 24.2 Å². The summed E-state index contributed by atoms with van der Waals surface area (Å²) in [7, 11) is 2.08. The highest BCUT2D eigenvalue weighted by Gasteiger charge is 2.23. The standard InChI is InChI=1S/C22H22FN3OS/c1-25-10-11-26(20-5-3-2-4-17(20)14-25)22(27)13-19-15-28-21(24-19)12-16-6-8-18(23)9-7-16/h2-9,15H,10-14H2,1H3. The molecule has 1 aliphatic rings. The van der Waals surface area contributed by atoms with Crippen LogP contribution in [0.2, 0.25) is 0 Å². The third kappa shape index (κ3) is 4.29. The maximum atomic E-state index is 13.1. The number of carbonyl (C=O) groups is 1. The number of hydrogen-bond donors (Lipinski definition) is 0. The van der Waals surface area contributed by atoms with Crippen molar-refractivity contribution in [3.05, 3.63) is 81.6 Å². The number of para-hydroxylation sites is 1. The zero-order valence-corrected chi connectivity index (χ0v) is 16.6. The normalized spacial score (nSPS) is 14.6. The van der Waals surface area contributed by atoms with Gasteiger partial charge < -0.3 is 9.80 Å². The van der Waals surface area contributed by atoms with Crippen LogP contribution in [0.15, 0.2) is 53.9 Å². The van der Waals surface area contributed by atoms with E-state index in [-0.39, 0.29) is 18.1 Å². The first-order valence-electron chi connectivity index (χ1n) is 9.33. The molecule has 2 heterocycles. The van der Waals surface area contributed by atoms with Crippen LogP contribution in [0.1, 0.15) is 21.8 Å². The van der Waals surface area contributed by atoms with Crippen molar-refractivity contribution < 1.29 is 9.18 Å². The SMILES string of the molecule is CN1CCN(C(=O)Cc2csc(Cc3ccc(F)cc3)n2)c2ccccc2C1. The Morgan fingerprint density at radius 1 is 1.14 bits per heavy atom. The second-order valence-electron chi connectivity index (χ2n) is 7.12. The largest absolute Gasteiger partial charge is 0.310 e. The van der Waals surface area contributed by atoms with Gasteiger partial charge in [0.05, 0.1) is 17.1 Å². The molecule has 0 bridgehead atoms. The summed E-state index contributed by atoms with van der Waals surface area (Å²) >= 11 is 1.54. The molecule has 28 heavy (non-hydrogen) atoms. The molecular weight excluding hydrogens is 373 g/mol. The van der Waals surface area contributed by atoms with Crippen molar-refractivity contribution in [2.45, 2.75) is 19.4 Å². The predicted molar refractivity (Wildman–Crippen MR) is 110 cm³/mol. The summed E-state index contributed by atoms with van der Waals surface area (Å²) in [6.45, 7) is 2.37. The molecule has 4 rings (SSSR count). The summed E-state index contributed by atoms with van der Waals surface area (Å²) in [6, 6.07) is 14.6. The van der Waals surface area contributed by atoms with Gasteiger partial charge in [-0.3, -0.25) is 4.79 Å². The van der Waals surface area contributed by atoms with E-state index >= 15 is 0 Å². The molecule has 0 radical (unpaired) electrons. The number of aromatic nitrogens is 1. The van der Waals surface area contributed by atoms with Crippen LogP contribution < -0.4 is 4.90 Å². The van der Waals surface area contributed by atoms with Crippen molar-refractivity contribution in [3.63, 3.8) is 0 Å². The summed E-state index contributed by atoms with van der Waals surface area (Å²) < 4.78 is 13.1. The van der Waals surface area contributed by atoms with Gasteiger partial charge in [-0.25, -0.2) is 9.37 Å². The van der Waals surface area contributed by atoms with Gasteiger partial charge in [0.2, 0.25) is 5.91 Å². The molecular formula is C22H22FN3OS. The Morgan fingerprint density at radius 3 is 2.75 bits per heavy atom. The van der Waals surface area contributed by atoms with Gasteiger partial charge in [0.25, 0.3) is 0 Å². The lowest BCUT2D eigenvalue weighted by Crippen LogP contribution is -2.36. The van der Waals surface area contributed by atoms with E-state index in [1.54, 1.807) is 23.5 Å². The fourth-order valence-electron chi connectivity index (χ4n) is 3.47. The summed E-state index contributed by atoms with van der Waals surface area (Å²) in [4.78, 5) is 21.8. The van der Waals surface area contributed by atoms with Gasteiger partial charge in [-0.1, -0.05) is 30.3 Å². The van der Waals surface area contributed by atoms with Gasteiger partial charge in [-0.15, -0.1) is 11.3 Å². The Kier molecular flexibility index (Phi) is 5.50. The van der Waals surface area contributed by atoms with E-state index in [0.29, 0.717) is 13.0 Å². The highest BCUT2D eigenvalue weighted by Crippen LogP contribution is 2.25. The number of fused-ring (bicyclic) bond motifs is 1. The minimum absolute atomic E-state index is 0.0707. The molecule has 0 N–H and O–H groups in total. The Balaban J connectivity index is 1.47. The Morgan fingerprint density at radius 2 is 1.93 bits per heavy atom. The van der Waals surface area contributed by atoms with E-state index in [9.17, 15) is 9.18 Å². The third-order valence-corrected chi connectivity index (χ3v) is 5.83. The lowest BCUT2D eigenvalue weighted by molar-refractivity contribution is -0.118. The quantitative estimate of drug-likeness (QED) is 0.672. The zero-order valence-electron chi connectivity index (χ0n) is 15.8. The number of anilines is 1. The summed E-state index contributed by atoms with van der Waals surface area (Å²) in [5.41, 5.74) is 3.98. The lowest BCUT2D eigenvalue weighted by atomic mass is 10.1. The average Bonchev–Trinajstić information content (AvgIpc) is 3.03. The monoisotopic (exact) mass is 395 g/mol. The molecule has 1 aromatic heterocycles. The van der Waals surface area contributed by atoms with Crippen molar-refractivity contribution >= 4 is 22.9 Å². The molecule has 0 fully saturated rings. The molecule has 0 saturated carbocycles. The second kappa shape index (κ2) is 8.20. The zero-order chi connectivity index (χ0) is 19.5. The predicted octanol–water partition coefficient (Wildman–Crippen LogP) is 3.89. The fourth-order valence-corrected chi connectivity index (χ4v) is 4.29. The van der Waals surface area contributed by atoms with Gasteiger partial charge >= 0.3 is 0 Å². The smallest absolute Gasteiger partial charge is 0.233 e. The Bertz CT molecular complexity index is 970. The molecule has 3 aromatic rings. The summed E-state index contributed by atoms with van der Waals surface area (Å²) in [6.07, 6.45) is 0.939. The summed E-state index contributed by atoms with van der Waals surface area (Å²) in [5.74, 6) is -0.168. The first-order chi connectivity index (χ1) is 13.6. The topological polar surface area (TPSA) is 36.4 Å². The molecule has 2 aromatic carbocycles. The molecule has 0 aliphatic carbocycles. The molecule has 0 atom stereocenters. The number of amides is 1. The van der Waals surface area contributed by atoms with Crippen molar-refractivity contribution in [2.24, 2.45) is 0 Å². The maximum Gasteiger partial charge on any atom is 0.233 e. The van der Waals surface area contributed by atoms with Crippen molar-refractivity contribution in [3.8, 4) is 0 Å². The number of rotatable bonds is 4. The van der Waals surface area contributed by atoms with Gasteiger partial charge in [-0.05, 0) is 36.4 Å². The fraction of sp³-hybridized carbons (Fsp3) is 0.273. The number of nitrogens with zero attached hydrogens (tertiary/aromatic N) is 3. The van der Waals surface area contributed by atoms with Crippen LogP contribution in [0.5, 0.6) is 0 Å². The van der Waals surface area contributed by atoms with E-state index in [0.717, 1.165) is 35.0 Å². The third-order valence-electron chi connectivity index (χ3n) is 4.93. The van der Waals surface area contributed by atoms with Gasteiger partial charge in [0.15, 0.2) is 0 Å². The molecule has 6 heteroatoms. The number of likely N-dealkylation sites (N-methyl/N-ethyl adjacent to an activating group) is 1. The Labute approximate surface area is 168 Å². The maximum absolute atomic E-state index is 13.1. The molecule has 1 amide bonds. The number of benzene rings is 2. The van der Waals surface area contributed by atoms with Gasteiger partial charge in [0, 0.05) is 37.1 Å². The highest BCUT2D eigenvalue weighted by atomic mass is 32.1. The first kappa shape index (κ1) is 18.8. The molecule has 0 saturated heterocycles. The van der Waals surface area contributed by atoms with E-state index in [4.69, 9.17) is 0 Å². The van der Waals surface area contributed by atoms with Crippen LogP contribution >= 0.6 is 11.3 Å². The molecule has 0 spiro atoms. The second-order valence-corrected chi connectivity index (χ2v) is 8.07. The van der Waals surface area contributed by atoms with Crippen LogP contribution in [0.4, 0.5) is 10.1 Å². The molecule has 4 nitrogen and oxygen atoms in total. The van der Waals surface area contributed by atoms with Crippen LogP contribution in [-0.4, -0.2) is 35.9 Å². The Hall–Kier alpha value is -2.57. The van der Waals surface area contributed by atoms with Gasteiger partial charge in [0.1, 0.15) is 5.82 Å². The van der Waals surface area contributed by atoms with Crippen molar-refractivity contribution in [1.82, 2.24) is 9.88 Å². The van der Waals surface area contributed by atoms with E-state index in [2.05, 4.69) is 23.0 Å². The van der Waals surface area contributed by atoms with Crippen LogP contribution in [0, 0.1) is 5.82 Å². The average molecular weight is 396 g/mol. The number of thiazole rings is 1. The minimum Gasteiger partial charge on any atom is -0.310 e. The van der Waals surface area contributed by atoms with Crippen molar-refractivity contribution in [1.29, 1.82) is 0 Å². The molecule has 0 unspecified atom stereocenters. The van der Waals surface area contributed by atoms with Crippen LogP contribution in [0.3, 0.4) is 0 Å². The number of halogens is 1. The summed E-state index contributed by atoms with van der Waals surface area (Å²) in [5, 5.41) is 2.89. The van der Waals surface area contributed by atoms with Crippen LogP contribution in [0.25, 0.3) is 0 Å².